The van der Waals surface area contributed by atoms with Gasteiger partial charge >= 0.3 is 5.97 Å². The second-order valence-electron chi connectivity index (χ2n) is 15.4. The van der Waals surface area contributed by atoms with Gasteiger partial charge in [-0.15, -0.1) is 0 Å². The summed E-state index contributed by atoms with van der Waals surface area (Å²) in [5, 5.41) is 15.0. The zero-order valence-electron chi connectivity index (χ0n) is 32.9. The molecule has 13 heteroatoms. The number of likely N-dealkylation sites (N-methyl/N-ethyl adjacent to an activating group) is 1. The Kier molecular flexibility index (Phi) is 16.7. The van der Waals surface area contributed by atoms with Crippen molar-refractivity contribution >= 4 is 29.6 Å². The minimum Gasteiger partial charge on any atom is -0.481 e. The molecule has 4 amide bonds. The van der Waals surface area contributed by atoms with E-state index in [1.165, 1.54) is 12.0 Å². The van der Waals surface area contributed by atoms with E-state index in [0.717, 1.165) is 12.8 Å². The molecule has 9 atom stereocenters. The van der Waals surface area contributed by atoms with Crippen molar-refractivity contribution < 1.29 is 42.9 Å². The molecule has 3 aliphatic rings. The molecular weight excluding hydrogens is 683 g/mol. The second kappa shape index (κ2) is 20.2. The Balaban J connectivity index is 1.71. The van der Waals surface area contributed by atoms with E-state index < -0.39 is 71.9 Å². The number of nitrogens with one attached hydrogen (secondary N) is 2. The maximum absolute atomic E-state index is 15.7. The van der Waals surface area contributed by atoms with Gasteiger partial charge in [0.15, 0.2) is 5.67 Å². The molecule has 12 nitrogen and oxygen atoms in total. The van der Waals surface area contributed by atoms with Crippen molar-refractivity contribution in [1.29, 1.82) is 0 Å². The molecule has 0 aromatic carbocycles. The van der Waals surface area contributed by atoms with Gasteiger partial charge in [-0.05, 0) is 49.9 Å². The first-order chi connectivity index (χ1) is 25.1. The summed E-state index contributed by atoms with van der Waals surface area (Å²) in [5.74, 6) is -4.66. The molecule has 0 bridgehead atoms. The summed E-state index contributed by atoms with van der Waals surface area (Å²) in [6.07, 6.45) is 13.1. The third-order valence-electron chi connectivity index (χ3n) is 11.5. The zero-order chi connectivity index (χ0) is 39.5. The van der Waals surface area contributed by atoms with Crippen molar-refractivity contribution in [1.82, 2.24) is 20.4 Å². The van der Waals surface area contributed by atoms with Crippen molar-refractivity contribution in [2.24, 2.45) is 29.6 Å². The Labute approximate surface area is 314 Å². The quantitative estimate of drug-likeness (QED) is 0.175. The first-order valence-electron chi connectivity index (χ1n) is 19.2. The largest absolute Gasteiger partial charge is 0.481 e. The van der Waals surface area contributed by atoms with Crippen LogP contribution in [0.2, 0.25) is 0 Å². The van der Waals surface area contributed by atoms with Gasteiger partial charge in [-0.3, -0.25) is 24.0 Å². The molecule has 1 saturated carbocycles. The standard InChI is InChI=1S/C40H63FN4O8/c1-9-26(4)34(44(6)37(48)33(25(2)3)43-39(51)40(41)20-18-29(24-40)38(49)50)31(52-7)23-32(46)45-22-14-17-30(45)35(53-8)27(5)36(47)42-21-19-28-15-12-10-11-13-16-28/h10-13,15-16,25-31,33-35H,9,14,17-24H2,1-8H3,(H,42,47)(H,43,51)(H,49,50)/t26-,27+,29?,30-,31-,33-,34-,35+,40-/m0/s1. The number of alkyl halides is 1. The van der Waals surface area contributed by atoms with Crippen molar-refractivity contribution in [3.8, 4) is 0 Å². The highest BCUT2D eigenvalue weighted by molar-refractivity contribution is 5.92. The van der Waals surface area contributed by atoms with Crippen LogP contribution in [0.15, 0.2) is 36.5 Å². The van der Waals surface area contributed by atoms with Crippen LogP contribution in [-0.4, -0.2) is 115 Å². The highest BCUT2D eigenvalue weighted by atomic mass is 19.1. The predicted molar refractivity (Wildman–Crippen MR) is 200 cm³/mol. The molecule has 2 aliphatic carbocycles. The summed E-state index contributed by atoms with van der Waals surface area (Å²) < 4.78 is 27.5. The van der Waals surface area contributed by atoms with Crippen LogP contribution in [0.25, 0.3) is 0 Å². The predicted octanol–water partition coefficient (Wildman–Crippen LogP) is 4.45. The lowest BCUT2D eigenvalue weighted by Gasteiger charge is -2.41. The maximum atomic E-state index is 15.7. The number of ether oxygens (including phenoxy) is 2. The Morgan fingerprint density at radius 2 is 1.68 bits per heavy atom. The van der Waals surface area contributed by atoms with Crippen LogP contribution in [0.3, 0.4) is 0 Å². The summed E-state index contributed by atoms with van der Waals surface area (Å²) in [6.45, 7) is 10.3. The molecule has 2 fully saturated rings. The molecule has 1 heterocycles. The highest BCUT2D eigenvalue weighted by Gasteiger charge is 2.50. The van der Waals surface area contributed by atoms with E-state index >= 15 is 4.39 Å². The molecule has 0 spiro atoms. The molecule has 0 aromatic heterocycles. The molecule has 53 heavy (non-hydrogen) atoms. The van der Waals surface area contributed by atoms with Crippen molar-refractivity contribution in [2.45, 2.75) is 122 Å². The number of amides is 4. The Morgan fingerprint density at radius 1 is 1.02 bits per heavy atom. The monoisotopic (exact) mass is 746 g/mol. The van der Waals surface area contributed by atoms with Gasteiger partial charge in [0, 0.05) is 40.8 Å². The number of methoxy groups -OCH3 is 2. The van der Waals surface area contributed by atoms with Gasteiger partial charge in [0.2, 0.25) is 17.7 Å². The molecule has 1 unspecified atom stereocenters. The van der Waals surface area contributed by atoms with E-state index in [0.29, 0.717) is 25.9 Å². The Bertz CT molecular complexity index is 1350. The summed E-state index contributed by atoms with van der Waals surface area (Å²) in [5.41, 5.74) is -2.38. The molecule has 3 rings (SSSR count). The summed E-state index contributed by atoms with van der Waals surface area (Å²) in [4.78, 5) is 69.4. The van der Waals surface area contributed by atoms with E-state index in [-0.39, 0.29) is 49.0 Å². The van der Waals surface area contributed by atoms with Crippen LogP contribution in [-0.2, 0) is 33.4 Å². The number of halogens is 1. The number of likely N-dealkylation sites (tertiary alicyclic amines) is 1. The van der Waals surface area contributed by atoms with Crippen LogP contribution < -0.4 is 10.6 Å². The third kappa shape index (κ3) is 11.2. The Morgan fingerprint density at radius 3 is 2.23 bits per heavy atom. The van der Waals surface area contributed by atoms with E-state index in [4.69, 9.17) is 9.47 Å². The lowest BCUT2D eigenvalue weighted by atomic mass is 9.89. The normalized spacial score (nSPS) is 25.0. The topological polar surface area (TPSA) is 155 Å². The van der Waals surface area contributed by atoms with Gasteiger partial charge < -0.3 is 35.0 Å². The number of carbonyl (C=O) groups is 5. The summed E-state index contributed by atoms with van der Waals surface area (Å²) in [6, 6.07) is -1.98. The SMILES string of the molecule is CC[C@H](C)[C@@H]([C@H](CC(=O)N1CCC[C@H]1[C@H](OC)[C@@H](C)C(=O)NCCC1C=CC=CC=C1)OC)N(C)C(=O)[C@@H](NC(=O)[C@]1(F)CCC(C(=O)O)C1)C(C)C. The molecule has 0 aromatic rings. The molecule has 0 radical (unpaired) electrons. The minimum absolute atomic E-state index is 0.0310. The molecule has 1 saturated heterocycles. The Hall–Kier alpha value is -3.58. The second-order valence-corrected chi connectivity index (χ2v) is 15.4. The number of allylic oxidation sites excluding steroid dienone is 6. The average Bonchev–Trinajstić information content (AvgIpc) is 3.70. The molecule has 1 aliphatic heterocycles. The van der Waals surface area contributed by atoms with E-state index in [9.17, 15) is 29.1 Å². The number of nitrogens with zero attached hydrogens (tertiary/aromatic N) is 2. The van der Waals surface area contributed by atoms with E-state index in [1.807, 2.05) is 45.1 Å². The van der Waals surface area contributed by atoms with Gasteiger partial charge in [0.1, 0.15) is 6.04 Å². The number of carbonyl (C=O) groups excluding carboxylic acids is 4. The van der Waals surface area contributed by atoms with Gasteiger partial charge in [0.25, 0.3) is 5.91 Å². The minimum atomic E-state index is -2.38. The van der Waals surface area contributed by atoms with Crippen LogP contribution in [0.1, 0.15) is 86.0 Å². The van der Waals surface area contributed by atoms with E-state index in [1.54, 1.807) is 32.9 Å². The van der Waals surface area contributed by atoms with Gasteiger partial charge in [0.05, 0.1) is 42.5 Å². The smallest absolute Gasteiger partial charge is 0.306 e. The number of carboxylic acids is 1. The fourth-order valence-electron chi connectivity index (χ4n) is 8.05. The first-order valence-corrected chi connectivity index (χ1v) is 19.2. The van der Waals surface area contributed by atoms with Crippen LogP contribution in [0.4, 0.5) is 4.39 Å². The lowest BCUT2D eigenvalue weighted by Crippen LogP contribution is -2.59. The molecule has 3 N–H and O–H groups in total. The molecular formula is C40H63FN4O8. The van der Waals surface area contributed by atoms with Crippen molar-refractivity contribution in [2.75, 3.05) is 34.4 Å². The van der Waals surface area contributed by atoms with Crippen LogP contribution >= 0.6 is 0 Å². The maximum Gasteiger partial charge on any atom is 0.306 e. The van der Waals surface area contributed by atoms with Crippen molar-refractivity contribution in [3.63, 3.8) is 0 Å². The summed E-state index contributed by atoms with van der Waals surface area (Å²) >= 11 is 0. The number of hydrogen-bond acceptors (Lipinski definition) is 7. The number of carboxylic acid groups (broad SMARTS) is 1. The lowest BCUT2D eigenvalue weighted by molar-refractivity contribution is -0.148. The number of rotatable bonds is 19. The molecule has 298 valence electrons. The van der Waals surface area contributed by atoms with Crippen molar-refractivity contribution in [3.05, 3.63) is 36.5 Å². The van der Waals surface area contributed by atoms with Crippen LogP contribution in [0.5, 0.6) is 0 Å². The average molecular weight is 747 g/mol. The third-order valence-corrected chi connectivity index (χ3v) is 11.5. The van der Waals surface area contributed by atoms with Gasteiger partial charge in [-0.25, -0.2) is 4.39 Å². The fraction of sp³-hybridized carbons (Fsp3) is 0.725. The number of hydrogen-bond donors (Lipinski definition) is 3. The fourth-order valence-corrected chi connectivity index (χ4v) is 8.05. The summed E-state index contributed by atoms with van der Waals surface area (Å²) in [7, 11) is 4.67. The first kappa shape index (κ1) is 43.8. The highest BCUT2D eigenvalue weighted by Crippen LogP contribution is 2.38. The van der Waals surface area contributed by atoms with E-state index in [2.05, 4.69) is 22.8 Å². The number of aliphatic carboxylic acids is 1. The zero-order valence-corrected chi connectivity index (χ0v) is 32.9. The van der Waals surface area contributed by atoms with Crippen LogP contribution in [0, 0.1) is 29.6 Å². The van der Waals surface area contributed by atoms with Gasteiger partial charge in [-0.2, -0.15) is 0 Å². The van der Waals surface area contributed by atoms with Gasteiger partial charge in [-0.1, -0.05) is 77.5 Å².